The maximum Gasteiger partial charge on any atom is 0.305 e. The van der Waals surface area contributed by atoms with Crippen LogP contribution in [0.25, 0.3) is 11.1 Å². The fourth-order valence-electron chi connectivity index (χ4n) is 3.58. The summed E-state index contributed by atoms with van der Waals surface area (Å²) in [5.74, 6) is -1.51. The van der Waals surface area contributed by atoms with Crippen LogP contribution in [-0.2, 0) is 4.79 Å². The zero-order valence-electron chi connectivity index (χ0n) is 20.3. The van der Waals surface area contributed by atoms with Crippen LogP contribution < -0.4 is 15.4 Å². The highest BCUT2D eigenvalue weighted by Gasteiger charge is 2.18. The van der Waals surface area contributed by atoms with Crippen LogP contribution in [0.2, 0.25) is 0 Å². The molecule has 0 saturated heterocycles. The number of carboxylic acid groups (broad SMARTS) is 1. The lowest BCUT2D eigenvalue weighted by atomic mass is 9.99. The minimum atomic E-state index is -0.972. The lowest BCUT2D eigenvalue weighted by molar-refractivity contribution is -0.136. The molecule has 8 heteroatoms. The van der Waals surface area contributed by atoms with Crippen molar-refractivity contribution in [2.75, 3.05) is 18.5 Å². The van der Waals surface area contributed by atoms with Crippen LogP contribution in [0.1, 0.15) is 37.0 Å². The Balaban J connectivity index is 1.62. The Morgan fingerprint density at radius 2 is 1.69 bits per heavy atom. The summed E-state index contributed by atoms with van der Waals surface area (Å²) in [4.78, 5) is 22.7. The van der Waals surface area contributed by atoms with E-state index in [2.05, 4.69) is 24.5 Å². The molecule has 1 amide bonds. The first-order valence-electron chi connectivity index (χ1n) is 11.8. The van der Waals surface area contributed by atoms with Gasteiger partial charge in [-0.25, -0.2) is 8.78 Å². The monoisotopic (exact) mass is 496 g/mol. The molecule has 0 aliphatic carbocycles. The van der Waals surface area contributed by atoms with Gasteiger partial charge in [0.15, 0.2) is 0 Å². The highest BCUT2D eigenvalue weighted by molar-refractivity contribution is 5.94. The lowest BCUT2D eigenvalue weighted by Crippen LogP contribution is -2.33. The topological polar surface area (TPSA) is 87.7 Å². The quantitative estimate of drug-likeness (QED) is 0.298. The van der Waals surface area contributed by atoms with E-state index in [1.54, 1.807) is 36.4 Å². The van der Waals surface area contributed by atoms with E-state index in [1.165, 1.54) is 30.3 Å². The largest absolute Gasteiger partial charge is 0.491 e. The molecule has 3 rings (SSSR count). The van der Waals surface area contributed by atoms with Crippen molar-refractivity contribution < 1.29 is 28.2 Å². The average Bonchev–Trinajstić information content (AvgIpc) is 2.87. The average molecular weight is 497 g/mol. The van der Waals surface area contributed by atoms with Crippen LogP contribution in [0.15, 0.2) is 66.7 Å². The smallest absolute Gasteiger partial charge is 0.305 e. The highest BCUT2D eigenvalue weighted by Crippen LogP contribution is 2.27. The Morgan fingerprint density at radius 1 is 1.00 bits per heavy atom. The van der Waals surface area contributed by atoms with Crippen molar-refractivity contribution >= 4 is 17.6 Å². The maximum absolute atomic E-state index is 14.7. The number of aliphatic carboxylic acids is 1. The number of nitrogens with one attached hydrogen (secondary N) is 2. The van der Waals surface area contributed by atoms with E-state index in [-0.39, 0.29) is 36.6 Å². The number of hydrogen-bond acceptors (Lipinski definition) is 4. The summed E-state index contributed by atoms with van der Waals surface area (Å²) in [6.45, 7) is 4.51. The van der Waals surface area contributed by atoms with E-state index in [1.807, 2.05) is 0 Å². The van der Waals surface area contributed by atoms with E-state index < -0.39 is 11.8 Å². The molecule has 0 aliphatic heterocycles. The molecule has 36 heavy (non-hydrogen) atoms. The molecule has 3 aromatic carbocycles. The van der Waals surface area contributed by atoms with Gasteiger partial charge in [0.1, 0.15) is 24.0 Å². The third kappa shape index (κ3) is 7.53. The Morgan fingerprint density at radius 3 is 2.31 bits per heavy atom. The molecule has 0 bridgehead atoms. The van der Waals surface area contributed by atoms with Crippen LogP contribution in [-0.4, -0.2) is 36.2 Å². The van der Waals surface area contributed by atoms with Gasteiger partial charge in [-0.3, -0.25) is 9.59 Å². The Kier molecular flexibility index (Phi) is 9.39. The first kappa shape index (κ1) is 26.7. The number of hydrogen-bond donors (Lipinski definition) is 3. The zero-order valence-corrected chi connectivity index (χ0v) is 20.3. The number of carbonyl (C=O) groups excluding carboxylic acids is 1. The Labute approximate surface area is 209 Å². The SMILES string of the molecule is CC[C@H](C)[C@@H](COc1ccc(-c2ccc(F)cc2)c(F)c1)Nc1ccc(C(=O)NCCC(=O)O)cc1. The second-order valence-electron chi connectivity index (χ2n) is 8.57. The number of rotatable bonds is 12. The second-order valence-corrected chi connectivity index (χ2v) is 8.57. The first-order chi connectivity index (χ1) is 17.3. The summed E-state index contributed by atoms with van der Waals surface area (Å²) in [7, 11) is 0. The number of halogens is 2. The van der Waals surface area contributed by atoms with Crippen molar-refractivity contribution in [2.45, 2.75) is 32.7 Å². The molecule has 0 radical (unpaired) electrons. The number of ether oxygens (including phenoxy) is 1. The van der Waals surface area contributed by atoms with Crippen LogP contribution in [0.5, 0.6) is 5.75 Å². The van der Waals surface area contributed by atoms with Crippen molar-refractivity contribution in [3.63, 3.8) is 0 Å². The molecular weight excluding hydrogens is 466 g/mol. The fourth-order valence-corrected chi connectivity index (χ4v) is 3.58. The number of benzene rings is 3. The van der Waals surface area contributed by atoms with Gasteiger partial charge in [0.2, 0.25) is 0 Å². The van der Waals surface area contributed by atoms with E-state index in [4.69, 9.17) is 9.84 Å². The van der Waals surface area contributed by atoms with Crippen molar-refractivity contribution in [3.8, 4) is 16.9 Å². The molecule has 190 valence electrons. The zero-order chi connectivity index (χ0) is 26.1. The van der Waals surface area contributed by atoms with E-state index in [0.717, 1.165) is 12.1 Å². The van der Waals surface area contributed by atoms with Gasteiger partial charge < -0.3 is 20.5 Å². The third-order valence-electron chi connectivity index (χ3n) is 5.98. The van der Waals surface area contributed by atoms with E-state index >= 15 is 0 Å². The molecular formula is C28H30F2N2O4. The molecule has 0 aliphatic rings. The van der Waals surface area contributed by atoms with Crippen LogP contribution >= 0.6 is 0 Å². The molecule has 6 nitrogen and oxygen atoms in total. The van der Waals surface area contributed by atoms with E-state index in [0.29, 0.717) is 29.0 Å². The minimum Gasteiger partial charge on any atom is -0.491 e. The van der Waals surface area contributed by atoms with Gasteiger partial charge >= 0.3 is 5.97 Å². The molecule has 0 unspecified atom stereocenters. The lowest BCUT2D eigenvalue weighted by Gasteiger charge is -2.26. The second kappa shape index (κ2) is 12.7. The van der Waals surface area contributed by atoms with E-state index in [9.17, 15) is 18.4 Å². The minimum absolute atomic E-state index is 0.0626. The number of carbonyl (C=O) groups is 2. The molecule has 0 aromatic heterocycles. The normalized spacial score (nSPS) is 12.4. The molecule has 0 fully saturated rings. The van der Waals surface area contributed by atoms with Crippen molar-refractivity contribution in [1.29, 1.82) is 0 Å². The predicted molar refractivity (Wildman–Crippen MR) is 135 cm³/mol. The van der Waals surface area contributed by atoms with Gasteiger partial charge in [0, 0.05) is 29.4 Å². The van der Waals surface area contributed by atoms with Crippen LogP contribution in [0.4, 0.5) is 14.5 Å². The summed E-state index contributed by atoms with van der Waals surface area (Å²) >= 11 is 0. The summed E-state index contributed by atoms with van der Waals surface area (Å²) in [6.07, 6.45) is 0.754. The standard InChI is InChI=1S/C28H30F2N2O4/c1-3-18(2)26(32-22-10-6-20(7-11-22)28(35)31-15-14-27(33)34)17-36-23-12-13-24(25(30)16-23)19-4-8-21(29)9-5-19/h4-13,16,18,26,32H,3,14-15,17H2,1-2H3,(H,31,35)(H,33,34)/t18-,26+/m0/s1. The van der Waals surface area contributed by atoms with Gasteiger partial charge in [-0.1, -0.05) is 32.4 Å². The molecule has 3 aromatic rings. The molecule has 0 spiro atoms. The predicted octanol–water partition coefficient (Wildman–Crippen LogP) is 5.74. The van der Waals surface area contributed by atoms with Crippen LogP contribution in [0, 0.1) is 17.6 Å². The van der Waals surface area contributed by atoms with Gasteiger partial charge in [-0.2, -0.15) is 0 Å². The van der Waals surface area contributed by atoms with Gasteiger partial charge in [-0.05, 0) is 60.0 Å². The number of amides is 1. The van der Waals surface area contributed by atoms with Crippen molar-refractivity contribution in [3.05, 3.63) is 83.9 Å². The summed E-state index contributed by atoms with van der Waals surface area (Å²) in [5.41, 5.74) is 2.17. The summed E-state index contributed by atoms with van der Waals surface area (Å²) < 4.78 is 33.8. The van der Waals surface area contributed by atoms with Crippen LogP contribution in [0.3, 0.4) is 0 Å². The first-order valence-corrected chi connectivity index (χ1v) is 11.8. The third-order valence-corrected chi connectivity index (χ3v) is 5.98. The Bertz CT molecular complexity index is 1170. The van der Waals surface area contributed by atoms with Gasteiger partial charge in [-0.15, -0.1) is 0 Å². The van der Waals surface area contributed by atoms with Gasteiger partial charge in [0.05, 0.1) is 12.5 Å². The Hall–Kier alpha value is -3.94. The molecule has 0 heterocycles. The fraction of sp³-hybridized carbons (Fsp3) is 0.286. The molecule has 2 atom stereocenters. The summed E-state index contributed by atoms with van der Waals surface area (Å²) in [6, 6.07) is 17.1. The molecule has 3 N–H and O–H groups in total. The highest BCUT2D eigenvalue weighted by atomic mass is 19.1. The maximum atomic E-state index is 14.7. The van der Waals surface area contributed by atoms with Crippen molar-refractivity contribution in [1.82, 2.24) is 5.32 Å². The van der Waals surface area contributed by atoms with Crippen molar-refractivity contribution in [2.24, 2.45) is 5.92 Å². The molecule has 0 saturated carbocycles. The number of carboxylic acids is 1. The van der Waals surface area contributed by atoms with Gasteiger partial charge in [0.25, 0.3) is 5.91 Å². The summed E-state index contributed by atoms with van der Waals surface area (Å²) in [5, 5.41) is 14.7. The number of anilines is 1.